The lowest BCUT2D eigenvalue weighted by atomic mass is 10.1. The summed E-state index contributed by atoms with van der Waals surface area (Å²) in [6, 6.07) is 9.22. The predicted octanol–water partition coefficient (Wildman–Crippen LogP) is 3.76. The van der Waals surface area contributed by atoms with Crippen molar-refractivity contribution in [1.29, 1.82) is 0 Å². The number of fused-ring (bicyclic) bond motifs is 1. The standard InChI is InChI=1S/C15H10BrFN2O2/c1-18-15(20)12-13-10(6-7-11(16)19-13)21-14(12)8-2-4-9(17)5-3-8/h2-7H,1H3,(H,18,20). The Balaban J connectivity index is 2.30. The molecule has 3 rings (SSSR count). The second kappa shape index (κ2) is 5.29. The van der Waals surface area contributed by atoms with Crippen LogP contribution in [0.5, 0.6) is 0 Å². The monoisotopic (exact) mass is 348 g/mol. The number of carbonyl (C=O) groups is 1. The van der Waals surface area contributed by atoms with Gasteiger partial charge in [0.15, 0.2) is 5.58 Å². The van der Waals surface area contributed by atoms with Crippen LogP contribution in [0.2, 0.25) is 0 Å². The first-order chi connectivity index (χ1) is 10.1. The summed E-state index contributed by atoms with van der Waals surface area (Å²) in [7, 11) is 1.54. The normalized spacial score (nSPS) is 10.8. The molecule has 2 aromatic heterocycles. The Morgan fingerprint density at radius 1 is 1.24 bits per heavy atom. The average molecular weight is 349 g/mol. The van der Waals surface area contributed by atoms with E-state index in [0.29, 0.717) is 32.6 Å². The van der Waals surface area contributed by atoms with Gasteiger partial charge in [0.1, 0.15) is 27.3 Å². The number of amides is 1. The Bertz CT molecular complexity index is 828. The summed E-state index contributed by atoms with van der Waals surface area (Å²) in [4.78, 5) is 16.5. The van der Waals surface area contributed by atoms with E-state index >= 15 is 0 Å². The minimum absolute atomic E-state index is 0.307. The molecule has 0 fully saturated rings. The number of nitrogens with zero attached hydrogens (tertiary/aromatic N) is 1. The molecule has 2 heterocycles. The van der Waals surface area contributed by atoms with Gasteiger partial charge in [-0.15, -0.1) is 0 Å². The first-order valence-corrected chi connectivity index (χ1v) is 6.96. The number of hydrogen-bond acceptors (Lipinski definition) is 3. The van der Waals surface area contributed by atoms with E-state index < -0.39 is 0 Å². The molecular formula is C15H10BrFN2O2. The molecule has 0 spiro atoms. The molecule has 4 nitrogen and oxygen atoms in total. The van der Waals surface area contributed by atoms with Gasteiger partial charge < -0.3 is 9.73 Å². The van der Waals surface area contributed by atoms with Crippen LogP contribution in [-0.2, 0) is 0 Å². The zero-order chi connectivity index (χ0) is 15.0. The molecule has 106 valence electrons. The molecule has 0 aliphatic heterocycles. The number of hydrogen-bond donors (Lipinski definition) is 1. The molecule has 21 heavy (non-hydrogen) atoms. The maximum absolute atomic E-state index is 13.1. The summed E-state index contributed by atoms with van der Waals surface area (Å²) < 4.78 is 19.4. The summed E-state index contributed by atoms with van der Waals surface area (Å²) in [5.41, 5.74) is 1.91. The first-order valence-electron chi connectivity index (χ1n) is 6.17. The van der Waals surface area contributed by atoms with Crippen LogP contribution in [-0.4, -0.2) is 17.9 Å². The molecule has 0 radical (unpaired) electrons. The van der Waals surface area contributed by atoms with Gasteiger partial charge in [-0.2, -0.15) is 0 Å². The highest BCUT2D eigenvalue weighted by molar-refractivity contribution is 9.10. The van der Waals surface area contributed by atoms with E-state index in [2.05, 4.69) is 26.2 Å². The second-order valence-corrected chi connectivity index (χ2v) is 5.19. The highest BCUT2D eigenvalue weighted by Gasteiger charge is 2.22. The number of furan rings is 1. The molecule has 0 atom stereocenters. The number of carbonyl (C=O) groups excluding carboxylic acids is 1. The van der Waals surface area contributed by atoms with Gasteiger partial charge in [-0.1, -0.05) is 0 Å². The number of benzene rings is 1. The van der Waals surface area contributed by atoms with Crippen molar-refractivity contribution < 1.29 is 13.6 Å². The van der Waals surface area contributed by atoms with Crippen LogP contribution >= 0.6 is 15.9 Å². The number of nitrogens with one attached hydrogen (secondary N) is 1. The smallest absolute Gasteiger partial charge is 0.257 e. The number of rotatable bonds is 2. The molecule has 0 aliphatic carbocycles. The number of pyridine rings is 1. The molecule has 0 saturated heterocycles. The van der Waals surface area contributed by atoms with Crippen LogP contribution in [0.3, 0.4) is 0 Å². The number of aromatic nitrogens is 1. The van der Waals surface area contributed by atoms with E-state index in [-0.39, 0.29) is 11.7 Å². The van der Waals surface area contributed by atoms with Crippen molar-refractivity contribution in [2.45, 2.75) is 0 Å². The van der Waals surface area contributed by atoms with Crippen molar-refractivity contribution in [3.63, 3.8) is 0 Å². The molecular weight excluding hydrogens is 339 g/mol. The summed E-state index contributed by atoms with van der Waals surface area (Å²) in [6.45, 7) is 0. The van der Waals surface area contributed by atoms with E-state index in [4.69, 9.17) is 4.42 Å². The van der Waals surface area contributed by atoms with Gasteiger partial charge in [0.2, 0.25) is 0 Å². The summed E-state index contributed by atoms with van der Waals surface area (Å²) in [6.07, 6.45) is 0. The maximum atomic E-state index is 13.1. The quantitative estimate of drug-likeness (QED) is 0.717. The third-order valence-corrected chi connectivity index (χ3v) is 3.50. The number of halogens is 2. The summed E-state index contributed by atoms with van der Waals surface area (Å²) in [5.74, 6) is -0.286. The van der Waals surface area contributed by atoms with Gasteiger partial charge in [-0.25, -0.2) is 9.37 Å². The van der Waals surface area contributed by atoms with Crippen molar-refractivity contribution in [1.82, 2.24) is 10.3 Å². The Morgan fingerprint density at radius 3 is 2.62 bits per heavy atom. The average Bonchev–Trinajstić information content (AvgIpc) is 2.85. The minimum Gasteiger partial charge on any atom is -0.454 e. The second-order valence-electron chi connectivity index (χ2n) is 4.37. The fourth-order valence-electron chi connectivity index (χ4n) is 2.09. The summed E-state index contributed by atoms with van der Waals surface area (Å²) >= 11 is 3.28. The van der Waals surface area contributed by atoms with E-state index in [1.54, 1.807) is 24.3 Å². The van der Waals surface area contributed by atoms with Crippen molar-refractivity contribution >= 4 is 32.9 Å². The van der Waals surface area contributed by atoms with Crippen molar-refractivity contribution in [3.05, 3.63) is 52.4 Å². The van der Waals surface area contributed by atoms with Gasteiger partial charge in [0, 0.05) is 12.6 Å². The van der Waals surface area contributed by atoms with Crippen LogP contribution in [0.25, 0.3) is 22.4 Å². The predicted molar refractivity (Wildman–Crippen MR) is 80.5 cm³/mol. The fraction of sp³-hybridized carbons (Fsp3) is 0.0667. The first kappa shape index (κ1) is 13.8. The Kier molecular flexibility index (Phi) is 3.47. The fourth-order valence-corrected chi connectivity index (χ4v) is 2.40. The Hall–Kier alpha value is -2.21. The molecule has 0 bridgehead atoms. The van der Waals surface area contributed by atoms with Crippen LogP contribution < -0.4 is 5.32 Å². The highest BCUT2D eigenvalue weighted by atomic mass is 79.9. The topological polar surface area (TPSA) is 55.1 Å². The molecule has 0 saturated carbocycles. The van der Waals surface area contributed by atoms with Gasteiger partial charge in [0.05, 0.1) is 0 Å². The lowest BCUT2D eigenvalue weighted by molar-refractivity contribution is 0.0964. The van der Waals surface area contributed by atoms with Crippen molar-refractivity contribution in [3.8, 4) is 11.3 Å². The van der Waals surface area contributed by atoms with Crippen molar-refractivity contribution in [2.24, 2.45) is 0 Å². The van der Waals surface area contributed by atoms with Crippen LogP contribution in [0.1, 0.15) is 10.4 Å². The molecule has 0 aliphatic rings. The van der Waals surface area contributed by atoms with Crippen molar-refractivity contribution in [2.75, 3.05) is 7.05 Å². The molecule has 1 amide bonds. The van der Waals surface area contributed by atoms with E-state index in [9.17, 15) is 9.18 Å². The van der Waals surface area contributed by atoms with Crippen LogP contribution in [0, 0.1) is 5.82 Å². The lowest BCUT2D eigenvalue weighted by Crippen LogP contribution is -2.18. The zero-order valence-corrected chi connectivity index (χ0v) is 12.6. The van der Waals surface area contributed by atoms with Gasteiger partial charge in [-0.05, 0) is 52.3 Å². The molecule has 6 heteroatoms. The molecule has 1 N–H and O–H groups in total. The van der Waals surface area contributed by atoms with E-state index in [1.807, 2.05) is 0 Å². The van der Waals surface area contributed by atoms with E-state index in [0.717, 1.165) is 0 Å². The molecule has 1 aromatic carbocycles. The van der Waals surface area contributed by atoms with Gasteiger partial charge >= 0.3 is 0 Å². The lowest BCUT2D eigenvalue weighted by Gasteiger charge is -2.01. The maximum Gasteiger partial charge on any atom is 0.257 e. The zero-order valence-electron chi connectivity index (χ0n) is 11.0. The van der Waals surface area contributed by atoms with Crippen LogP contribution in [0.4, 0.5) is 4.39 Å². The SMILES string of the molecule is CNC(=O)c1c(-c2ccc(F)cc2)oc2ccc(Br)nc12. The van der Waals surface area contributed by atoms with Gasteiger partial charge in [-0.3, -0.25) is 4.79 Å². The largest absolute Gasteiger partial charge is 0.454 e. The Labute approximate surface area is 128 Å². The minimum atomic E-state index is -0.350. The molecule has 0 unspecified atom stereocenters. The summed E-state index contributed by atoms with van der Waals surface area (Å²) in [5, 5.41) is 2.57. The Morgan fingerprint density at radius 2 is 1.95 bits per heavy atom. The van der Waals surface area contributed by atoms with E-state index in [1.165, 1.54) is 19.2 Å². The third kappa shape index (κ3) is 2.42. The third-order valence-electron chi connectivity index (χ3n) is 3.06. The van der Waals surface area contributed by atoms with Gasteiger partial charge in [0.25, 0.3) is 5.91 Å². The van der Waals surface area contributed by atoms with Crippen LogP contribution in [0.15, 0.2) is 45.4 Å². The molecule has 3 aromatic rings. The highest BCUT2D eigenvalue weighted by Crippen LogP contribution is 2.33.